The molecule has 2 rings (SSSR count). The van der Waals surface area contributed by atoms with Gasteiger partial charge in [-0.1, -0.05) is 0 Å². The van der Waals surface area contributed by atoms with Crippen molar-refractivity contribution in [1.82, 2.24) is 0 Å². The van der Waals surface area contributed by atoms with Crippen molar-refractivity contribution in [2.45, 2.75) is 37.9 Å². The maximum absolute atomic E-state index is 9.42. The molecule has 0 aliphatic heterocycles. The minimum atomic E-state index is -1.31. The van der Waals surface area contributed by atoms with Gasteiger partial charge in [0.2, 0.25) is 0 Å². The Bertz CT molecular complexity index is 142. The summed E-state index contributed by atoms with van der Waals surface area (Å²) in [7, 11) is 0. The Morgan fingerprint density at radius 1 is 1.10 bits per heavy atom. The van der Waals surface area contributed by atoms with Crippen molar-refractivity contribution in [2.24, 2.45) is 11.8 Å². The van der Waals surface area contributed by atoms with E-state index in [1.807, 2.05) is 0 Å². The highest BCUT2D eigenvalue weighted by Crippen LogP contribution is 2.46. The first-order valence-corrected chi connectivity index (χ1v) is 4.13. The standard InChI is InChI=1S/C8H14O2/c9-8(10)4-3-6-1-2-7(8)5-6/h6-7,9-10H,1-5H2/t6-,7-/m1/s1. The number of hydrogen-bond acceptors (Lipinski definition) is 2. The average molecular weight is 142 g/mol. The Balaban J connectivity index is 2.14. The fourth-order valence-electron chi connectivity index (χ4n) is 2.38. The van der Waals surface area contributed by atoms with Crippen molar-refractivity contribution in [3.63, 3.8) is 0 Å². The van der Waals surface area contributed by atoms with E-state index >= 15 is 0 Å². The molecular weight excluding hydrogens is 128 g/mol. The zero-order valence-electron chi connectivity index (χ0n) is 6.08. The molecule has 2 aliphatic rings. The SMILES string of the molecule is OC1(O)CC[C@H]2CC[C@@H]1C2. The van der Waals surface area contributed by atoms with Gasteiger partial charge in [0.05, 0.1) is 0 Å². The lowest BCUT2D eigenvalue weighted by Gasteiger charge is -2.32. The molecule has 0 amide bonds. The van der Waals surface area contributed by atoms with Crippen molar-refractivity contribution in [3.05, 3.63) is 0 Å². The van der Waals surface area contributed by atoms with Crippen molar-refractivity contribution < 1.29 is 10.2 Å². The normalized spacial score (nSPS) is 43.8. The van der Waals surface area contributed by atoms with Crippen molar-refractivity contribution in [1.29, 1.82) is 0 Å². The second-order valence-corrected chi connectivity index (χ2v) is 3.79. The van der Waals surface area contributed by atoms with E-state index in [0.29, 0.717) is 6.42 Å². The molecule has 0 spiro atoms. The number of hydrogen-bond donors (Lipinski definition) is 2. The summed E-state index contributed by atoms with van der Waals surface area (Å²) >= 11 is 0. The van der Waals surface area contributed by atoms with Crippen LogP contribution in [0.3, 0.4) is 0 Å². The third-order valence-electron chi connectivity index (χ3n) is 3.12. The van der Waals surface area contributed by atoms with Crippen LogP contribution in [0.1, 0.15) is 32.1 Å². The van der Waals surface area contributed by atoms with Crippen LogP contribution >= 0.6 is 0 Å². The van der Waals surface area contributed by atoms with Crippen LogP contribution in [0.2, 0.25) is 0 Å². The van der Waals surface area contributed by atoms with E-state index in [2.05, 4.69) is 0 Å². The summed E-state index contributed by atoms with van der Waals surface area (Å²) in [5.74, 6) is -0.323. The van der Waals surface area contributed by atoms with E-state index in [-0.39, 0.29) is 5.92 Å². The maximum Gasteiger partial charge on any atom is 0.165 e. The number of rotatable bonds is 0. The Labute approximate surface area is 60.9 Å². The summed E-state index contributed by atoms with van der Waals surface area (Å²) < 4.78 is 0. The lowest BCUT2D eigenvalue weighted by atomic mass is 9.84. The smallest absolute Gasteiger partial charge is 0.165 e. The molecule has 2 fully saturated rings. The molecule has 2 saturated carbocycles. The zero-order valence-corrected chi connectivity index (χ0v) is 6.08. The highest BCUT2D eigenvalue weighted by Gasteiger charge is 2.44. The van der Waals surface area contributed by atoms with E-state index in [0.717, 1.165) is 25.2 Å². The van der Waals surface area contributed by atoms with Crippen molar-refractivity contribution in [2.75, 3.05) is 0 Å². The predicted molar refractivity (Wildman–Crippen MR) is 37.2 cm³/mol. The molecule has 2 N–H and O–H groups in total. The molecule has 2 atom stereocenters. The molecule has 2 heteroatoms. The first kappa shape index (κ1) is 6.62. The van der Waals surface area contributed by atoms with Crippen LogP contribution < -0.4 is 0 Å². The molecule has 0 radical (unpaired) electrons. The molecule has 2 bridgehead atoms. The summed E-state index contributed by atoms with van der Waals surface area (Å²) in [6.07, 6.45) is 4.91. The second kappa shape index (κ2) is 1.95. The van der Waals surface area contributed by atoms with Gasteiger partial charge < -0.3 is 10.2 Å². The van der Waals surface area contributed by atoms with Gasteiger partial charge in [0.15, 0.2) is 5.79 Å². The van der Waals surface area contributed by atoms with Gasteiger partial charge in [-0.3, -0.25) is 0 Å². The van der Waals surface area contributed by atoms with Crippen molar-refractivity contribution in [3.8, 4) is 0 Å². The Morgan fingerprint density at radius 2 is 1.90 bits per heavy atom. The molecular formula is C8H14O2. The van der Waals surface area contributed by atoms with Crippen LogP contribution in [-0.4, -0.2) is 16.0 Å². The monoisotopic (exact) mass is 142 g/mol. The van der Waals surface area contributed by atoms with Gasteiger partial charge in [-0.15, -0.1) is 0 Å². The van der Waals surface area contributed by atoms with E-state index in [1.165, 1.54) is 6.42 Å². The minimum Gasteiger partial charge on any atom is -0.365 e. The van der Waals surface area contributed by atoms with Crippen LogP contribution in [0.25, 0.3) is 0 Å². The molecule has 0 unspecified atom stereocenters. The Kier molecular flexibility index (Phi) is 1.29. The van der Waals surface area contributed by atoms with Gasteiger partial charge in [-0.25, -0.2) is 0 Å². The summed E-state index contributed by atoms with van der Waals surface area (Å²) in [5, 5.41) is 18.8. The predicted octanol–water partition coefficient (Wildman–Crippen LogP) is 0.877. The first-order chi connectivity index (χ1) is 4.68. The van der Waals surface area contributed by atoms with Gasteiger partial charge in [0, 0.05) is 12.3 Å². The quantitative estimate of drug-likeness (QED) is 0.493. The number of aliphatic hydroxyl groups is 2. The van der Waals surface area contributed by atoms with E-state index in [9.17, 15) is 10.2 Å². The van der Waals surface area contributed by atoms with Gasteiger partial charge in [-0.2, -0.15) is 0 Å². The summed E-state index contributed by atoms with van der Waals surface area (Å²) in [6, 6.07) is 0. The Hall–Kier alpha value is -0.0800. The maximum atomic E-state index is 9.42. The van der Waals surface area contributed by atoms with Crippen LogP contribution in [-0.2, 0) is 0 Å². The van der Waals surface area contributed by atoms with Crippen molar-refractivity contribution >= 4 is 0 Å². The van der Waals surface area contributed by atoms with E-state index in [1.54, 1.807) is 0 Å². The third kappa shape index (κ3) is 0.867. The average Bonchev–Trinajstić information content (AvgIpc) is 2.26. The molecule has 0 aromatic heterocycles. The summed E-state index contributed by atoms with van der Waals surface area (Å²) in [4.78, 5) is 0. The molecule has 0 heterocycles. The first-order valence-electron chi connectivity index (χ1n) is 4.13. The highest BCUT2D eigenvalue weighted by molar-refractivity contribution is 4.90. The van der Waals surface area contributed by atoms with Gasteiger partial charge in [-0.05, 0) is 31.6 Å². The molecule has 2 nitrogen and oxygen atoms in total. The van der Waals surface area contributed by atoms with Crippen LogP contribution in [0.15, 0.2) is 0 Å². The fraction of sp³-hybridized carbons (Fsp3) is 1.00. The van der Waals surface area contributed by atoms with Crippen LogP contribution in [0.4, 0.5) is 0 Å². The largest absolute Gasteiger partial charge is 0.365 e. The van der Waals surface area contributed by atoms with E-state index < -0.39 is 5.79 Å². The minimum absolute atomic E-state index is 0.186. The second-order valence-electron chi connectivity index (χ2n) is 3.79. The summed E-state index contributed by atoms with van der Waals surface area (Å²) in [5.41, 5.74) is 0. The molecule has 0 aromatic rings. The van der Waals surface area contributed by atoms with Gasteiger partial charge in [0.25, 0.3) is 0 Å². The molecule has 0 aromatic carbocycles. The van der Waals surface area contributed by atoms with E-state index in [4.69, 9.17) is 0 Å². The van der Waals surface area contributed by atoms with Gasteiger partial charge >= 0.3 is 0 Å². The lowest BCUT2D eigenvalue weighted by molar-refractivity contribution is -0.212. The van der Waals surface area contributed by atoms with Crippen LogP contribution in [0, 0.1) is 11.8 Å². The molecule has 10 heavy (non-hydrogen) atoms. The third-order valence-corrected chi connectivity index (χ3v) is 3.12. The number of fused-ring (bicyclic) bond motifs is 2. The lowest BCUT2D eigenvalue weighted by Crippen LogP contribution is -2.38. The Morgan fingerprint density at radius 3 is 2.60 bits per heavy atom. The molecule has 0 saturated heterocycles. The summed E-state index contributed by atoms with van der Waals surface area (Å²) in [6.45, 7) is 0. The molecule has 58 valence electrons. The molecule has 2 aliphatic carbocycles. The highest BCUT2D eigenvalue weighted by atomic mass is 16.5. The van der Waals surface area contributed by atoms with Crippen LogP contribution in [0.5, 0.6) is 0 Å². The topological polar surface area (TPSA) is 40.5 Å². The fourth-order valence-corrected chi connectivity index (χ4v) is 2.38. The van der Waals surface area contributed by atoms with Gasteiger partial charge in [0.1, 0.15) is 0 Å². The zero-order chi connectivity index (χ0) is 7.19.